The number of unbranched alkanes of at least 4 members (excludes halogenated alkanes) is 7. The van der Waals surface area contributed by atoms with Crippen LogP contribution in [0.15, 0.2) is 11.8 Å². The predicted molar refractivity (Wildman–Crippen MR) is 127 cm³/mol. The first-order chi connectivity index (χ1) is 14.7. The van der Waals surface area contributed by atoms with Crippen molar-refractivity contribution in [1.82, 2.24) is 0 Å². The summed E-state index contributed by atoms with van der Waals surface area (Å²) in [4.78, 5) is 10.5. The molecule has 2 rings (SSSR count). The highest BCUT2D eigenvalue weighted by molar-refractivity contribution is 5.58. The summed E-state index contributed by atoms with van der Waals surface area (Å²) in [6.07, 6.45) is 14.5. The molecule has 0 radical (unpaired) electrons. The number of ether oxygens (including phenoxy) is 1. The van der Waals surface area contributed by atoms with Crippen molar-refractivity contribution in [2.75, 3.05) is 0 Å². The van der Waals surface area contributed by atoms with Gasteiger partial charge in [0.25, 0.3) is 0 Å². The Kier molecular flexibility index (Phi) is 9.39. The van der Waals surface area contributed by atoms with Gasteiger partial charge in [0.2, 0.25) is 5.70 Å². The van der Waals surface area contributed by atoms with Crippen LogP contribution in [0.25, 0.3) is 0 Å². The number of phenolic OH excluding ortho intramolecular Hbond substituents is 1. The van der Waals surface area contributed by atoms with Gasteiger partial charge in [0.1, 0.15) is 17.1 Å². The molecule has 31 heavy (non-hydrogen) atoms. The first-order valence-corrected chi connectivity index (χ1v) is 12.0. The Morgan fingerprint density at radius 1 is 1.03 bits per heavy atom. The Bertz CT molecular complexity index is 799. The van der Waals surface area contributed by atoms with Crippen molar-refractivity contribution < 1.29 is 14.8 Å². The minimum Gasteiger partial charge on any atom is -0.507 e. The molecule has 0 saturated carbocycles. The van der Waals surface area contributed by atoms with Crippen LogP contribution >= 0.6 is 0 Å². The third-order valence-corrected chi connectivity index (χ3v) is 7.05. The van der Waals surface area contributed by atoms with E-state index in [1.54, 1.807) is 13.0 Å². The van der Waals surface area contributed by atoms with E-state index < -0.39 is 0 Å². The summed E-state index contributed by atoms with van der Waals surface area (Å²) in [6.45, 7) is 9.99. The van der Waals surface area contributed by atoms with E-state index in [4.69, 9.17) is 4.74 Å². The average molecular weight is 432 g/mol. The van der Waals surface area contributed by atoms with Crippen LogP contribution in [0.2, 0.25) is 0 Å². The van der Waals surface area contributed by atoms with Gasteiger partial charge in [0, 0.05) is 12.0 Å². The summed E-state index contributed by atoms with van der Waals surface area (Å²) in [5.74, 6) is 1.42. The third kappa shape index (κ3) is 6.72. The van der Waals surface area contributed by atoms with Gasteiger partial charge in [-0.05, 0) is 89.5 Å². The molecule has 0 bridgehead atoms. The van der Waals surface area contributed by atoms with Crippen LogP contribution in [0.3, 0.4) is 0 Å². The second-order valence-corrected chi connectivity index (χ2v) is 9.45. The Hall–Kier alpha value is -2.04. The summed E-state index contributed by atoms with van der Waals surface area (Å²) in [5, 5.41) is 21.1. The zero-order valence-electron chi connectivity index (χ0n) is 20.2. The zero-order chi connectivity index (χ0) is 23.0. The highest BCUT2D eigenvalue weighted by Gasteiger charge is 2.34. The van der Waals surface area contributed by atoms with E-state index >= 15 is 0 Å². The van der Waals surface area contributed by atoms with Crippen LogP contribution in [-0.2, 0) is 6.42 Å². The maximum Gasteiger partial charge on any atom is 0.242 e. The molecule has 0 fully saturated rings. The molecule has 0 saturated heterocycles. The van der Waals surface area contributed by atoms with Gasteiger partial charge in [-0.15, -0.1) is 0 Å². The summed E-state index contributed by atoms with van der Waals surface area (Å²) < 4.78 is 6.52. The second kappa shape index (κ2) is 11.5. The van der Waals surface area contributed by atoms with Crippen LogP contribution in [0.4, 0.5) is 0 Å². The zero-order valence-corrected chi connectivity index (χ0v) is 20.2. The van der Waals surface area contributed by atoms with Crippen molar-refractivity contribution >= 4 is 0 Å². The first-order valence-electron chi connectivity index (χ1n) is 12.0. The van der Waals surface area contributed by atoms with Gasteiger partial charge in [-0.25, -0.2) is 0 Å². The molecule has 1 aromatic carbocycles. The van der Waals surface area contributed by atoms with E-state index in [0.717, 1.165) is 61.0 Å². The molecule has 1 aromatic rings. The molecular formula is C26H41NO4. The van der Waals surface area contributed by atoms with Gasteiger partial charge in [0.05, 0.1) is 4.92 Å². The molecule has 1 aliphatic rings. The second-order valence-electron chi connectivity index (χ2n) is 9.45. The number of nitro groups is 1. The molecule has 1 N–H and O–H groups in total. The smallest absolute Gasteiger partial charge is 0.242 e. The maximum absolute atomic E-state index is 10.8. The maximum atomic E-state index is 10.8. The van der Waals surface area contributed by atoms with Crippen molar-refractivity contribution in [3.63, 3.8) is 0 Å². The molecule has 1 aliphatic heterocycles. The lowest BCUT2D eigenvalue weighted by Gasteiger charge is -2.38. The van der Waals surface area contributed by atoms with E-state index in [1.165, 1.54) is 37.7 Å². The summed E-state index contributed by atoms with van der Waals surface area (Å²) >= 11 is 0. The van der Waals surface area contributed by atoms with E-state index in [9.17, 15) is 15.2 Å². The predicted octanol–water partition coefficient (Wildman–Crippen LogP) is 7.48. The topological polar surface area (TPSA) is 72.6 Å². The third-order valence-electron chi connectivity index (χ3n) is 7.05. The monoisotopic (exact) mass is 431 g/mol. The summed E-state index contributed by atoms with van der Waals surface area (Å²) in [6, 6.07) is 0. The van der Waals surface area contributed by atoms with Crippen molar-refractivity contribution in [1.29, 1.82) is 0 Å². The molecule has 0 spiro atoms. The van der Waals surface area contributed by atoms with Crippen LogP contribution in [0, 0.1) is 30.9 Å². The number of phenols is 1. The van der Waals surface area contributed by atoms with Crippen LogP contribution in [-0.4, -0.2) is 15.6 Å². The highest BCUT2D eigenvalue weighted by atomic mass is 16.6. The molecular weight excluding hydrogens is 390 g/mol. The SMILES string of the molecule is CC=C(CCCCCCCCCCC1(C)CCc2c(C)c(O)c(C)c(C)c2O1)[N+](=O)[O-]. The fraction of sp³-hybridized carbons (Fsp3) is 0.692. The Morgan fingerprint density at radius 2 is 1.61 bits per heavy atom. The lowest BCUT2D eigenvalue weighted by Crippen LogP contribution is -2.37. The number of rotatable bonds is 12. The molecule has 174 valence electrons. The van der Waals surface area contributed by atoms with E-state index in [0.29, 0.717) is 17.9 Å². The van der Waals surface area contributed by atoms with Crippen molar-refractivity contribution in [2.45, 2.75) is 117 Å². The van der Waals surface area contributed by atoms with Gasteiger partial charge >= 0.3 is 0 Å². The summed E-state index contributed by atoms with van der Waals surface area (Å²) in [5.41, 5.74) is 4.39. The fourth-order valence-corrected chi connectivity index (χ4v) is 4.68. The lowest BCUT2D eigenvalue weighted by atomic mass is 9.84. The van der Waals surface area contributed by atoms with Crippen LogP contribution in [0.1, 0.15) is 107 Å². The summed E-state index contributed by atoms with van der Waals surface area (Å²) in [7, 11) is 0. The first kappa shape index (κ1) is 25.2. The molecule has 1 heterocycles. The van der Waals surface area contributed by atoms with Crippen LogP contribution < -0.4 is 4.74 Å². The number of allylic oxidation sites excluding steroid dienone is 2. The Morgan fingerprint density at radius 3 is 2.19 bits per heavy atom. The van der Waals surface area contributed by atoms with Crippen molar-refractivity contribution in [3.8, 4) is 11.5 Å². The lowest BCUT2D eigenvalue weighted by molar-refractivity contribution is -0.428. The molecule has 0 aromatic heterocycles. The molecule has 1 unspecified atom stereocenters. The Labute approximate surface area is 188 Å². The molecule has 5 heteroatoms. The normalized spacial score (nSPS) is 18.5. The molecule has 0 aliphatic carbocycles. The molecule has 0 amide bonds. The van der Waals surface area contributed by atoms with Gasteiger partial charge < -0.3 is 9.84 Å². The number of aromatic hydroxyl groups is 1. The minimum absolute atomic E-state index is 0.116. The van der Waals surface area contributed by atoms with Gasteiger partial charge in [-0.3, -0.25) is 10.1 Å². The quantitative estimate of drug-likeness (QED) is 0.211. The number of hydrogen-bond acceptors (Lipinski definition) is 4. The average Bonchev–Trinajstić information content (AvgIpc) is 2.74. The number of benzene rings is 1. The fourth-order valence-electron chi connectivity index (χ4n) is 4.68. The van der Waals surface area contributed by atoms with Crippen LogP contribution in [0.5, 0.6) is 11.5 Å². The molecule has 5 nitrogen and oxygen atoms in total. The van der Waals surface area contributed by atoms with E-state index in [1.807, 2.05) is 13.8 Å². The van der Waals surface area contributed by atoms with E-state index in [-0.39, 0.29) is 10.5 Å². The largest absolute Gasteiger partial charge is 0.507 e. The van der Waals surface area contributed by atoms with Gasteiger partial charge in [0.15, 0.2) is 0 Å². The molecule has 1 atom stereocenters. The number of nitrogens with zero attached hydrogens (tertiary/aromatic N) is 1. The highest BCUT2D eigenvalue weighted by Crippen LogP contribution is 2.44. The van der Waals surface area contributed by atoms with Crippen molar-refractivity contribution in [2.24, 2.45) is 0 Å². The standard InChI is InChI=1S/C26H41NO4/c1-6-22(27(29)30)15-13-11-9-7-8-10-12-14-17-26(5)18-16-23-21(4)24(28)19(2)20(3)25(23)31-26/h6,28H,7-18H2,1-5H3. The number of fused-ring (bicyclic) bond motifs is 1. The van der Waals surface area contributed by atoms with Gasteiger partial charge in [-0.2, -0.15) is 0 Å². The van der Waals surface area contributed by atoms with Crippen molar-refractivity contribution in [3.05, 3.63) is 44.1 Å². The van der Waals surface area contributed by atoms with Gasteiger partial charge in [-0.1, -0.05) is 38.5 Å². The number of hydrogen-bond donors (Lipinski definition) is 1. The minimum atomic E-state index is -0.261. The van der Waals surface area contributed by atoms with E-state index in [2.05, 4.69) is 13.8 Å². The Balaban J connectivity index is 1.65.